The van der Waals surface area contributed by atoms with E-state index in [1.165, 1.54) is 14.2 Å². The molecule has 116 valence electrons. The van der Waals surface area contributed by atoms with Gasteiger partial charge in [-0.1, -0.05) is 0 Å². The van der Waals surface area contributed by atoms with Gasteiger partial charge in [-0.25, -0.2) is 4.98 Å². The second-order valence-electron chi connectivity index (χ2n) is 4.60. The van der Waals surface area contributed by atoms with Gasteiger partial charge in [0.2, 0.25) is 5.88 Å². The molecule has 0 aliphatic carbocycles. The Balaban J connectivity index is 1.91. The summed E-state index contributed by atoms with van der Waals surface area (Å²) in [7, 11) is 3.03. The molecule has 1 saturated heterocycles. The minimum absolute atomic E-state index is 0.00201. The summed E-state index contributed by atoms with van der Waals surface area (Å²) in [6.07, 6.45) is 1.91. The lowest BCUT2D eigenvalue weighted by molar-refractivity contribution is -0.0974. The second kappa shape index (κ2) is 7.92. The van der Waals surface area contributed by atoms with Crippen LogP contribution in [-0.2, 0) is 14.2 Å². The van der Waals surface area contributed by atoms with Crippen LogP contribution in [0.2, 0.25) is 0 Å². The van der Waals surface area contributed by atoms with E-state index in [1.54, 1.807) is 18.3 Å². The molecule has 7 nitrogen and oxygen atoms in total. The predicted molar refractivity (Wildman–Crippen MR) is 74.2 cm³/mol. The fraction of sp³-hybridized carbons (Fsp3) is 0.571. The van der Waals surface area contributed by atoms with Crippen LogP contribution in [0.25, 0.3) is 0 Å². The van der Waals surface area contributed by atoms with E-state index in [0.29, 0.717) is 24.7 Å². The van der Waals surface area contributed by atoms with Crippen molar-refractivity contribution < 1.29 is 23.7 Å². The number of amides is 1. The minimum atomic E-state index is -0.470. The third-order valence-electron chi connectivity index (χ3n) is 3.13. The Bertz CT molecular complexity index is 458. The lowest BCUT2D eigenvalue weighted by Crippen LogP contribution is -2.34. The summed E-state index contributed by atoms with van der Waals surface area (Å²) in [6.45, 7) is 1.52. The molecule has 1 aliphatic rings. The number of carbonyl (C=O) groups is 1. The standard InChI is InChI=1S/C14H20N2O5/c1-18-13(19-2)8-16-14(17)10-3-5-15-12(7-10)21-11-4-6-20-9-11/h3,5,7,11,13H,4,6,8-9H2,1-2H3,(H,16,17)/t11-/m1/s1. The van der Waals surface area contributed by atoms with Gasteiger partial charge in [0.1, 0.15) is 6.10 Å². The molecule has 2 rings (SSSR count). The van der Waals surface area contributed by atoms with E-state index in [1.807, 2.05) is 0 Å². The van der Waals surface area contributed by atoms with Gasteiger partial charge in [0, 0.05) is 38.5 Å². The van der Waals surface area contributed by atoms with Gasteiger partial charge >= 0.3 is 0 Å². The number of nitrogens with one attached hydrogen (secondary N) is 1. The fourth-order valence-electron chi connectivity index (χ4n) is 1.93. The normalized spacial score (nSPS) is 18.0. The maximum atomic E-state index is 12.0. The van der Waals surface area contributed by atoms with Gasteiger partial charge < -0.3 is 24.3 Å². The Labute approximate surface area is 123 Å². The minimum Gasteiger partial charge on any atom is -0.472 e. The third-order valence-corrected chi connectivity index (χ3v) is 3.13. The van der Waals surface area contributed by atoms with Crippen molar-refractivity contribution in [3.8, 4) is 5.88 Å². The van der Waals surface area contributed by atoms with Crippen molar-refractivity contribution in [2.24, 2.45) is 0 Å². The molecule has 21 heavy (non-hydrogen) atoms. The summed E-state index contributed by atoms with van der Waals surface area (Å²) in [5.41, 5.74) is 0.477. The molecule has 0 bridgehead atoms. The highest BCUT2D eigenvalue weighted by Crippen LogP contribution is 2.15. The predicted octanol–water partition coefficient (Wildman–Crippen LogP) is 0.598. The molecular formula is C14H20N2O5. The number of methoxy groups -OCH3 is 2. The smallest absolute Gasteiger partial charge is 0.251 e. The van der Waals surface area contributed by atoms with Gasteiger partial charge in [0.05, 0.1) is 19.8 Å². The summed E-state index contributed by atoms with van der Waals surface area (Å²) in [6, 6.07) is 3.24. The first kappa shape index (κ1) is 15.7. The number of pyridine rings is 1. The summed E-state index contributed by atoms with van der Waals surface area (Å²) < 4.78 is 20.9. The number of aromatic nitrogens is 1. The van der Waals surface area contributed by atoms with Crippen LogP contribution in [0.15, 0.2) is 18.3 Å². The number of nitrogens with zero attached hydrogens (tertiary/aromatic N) is 1. The zero-order chi connectivity index (χ0) is 15.1. The molecule has 1 aromatic heterocycles. The third kappa shape index (κ3) is 4.66. The molecule has 1 N–H and O–H groups in total. The number of ether oxygens (including phenoxy) is 4. The van der Waals surface area contributed by atoms with E-state index in [4.69, 9.17) is 18.9 Å². The quantitative estimate of drug-likeness (QED) is 0.742. The van der Waals surface area contributed by atoms with Crippen molar-refractivity contribution in [1.82, 2.24) is 10.3 Å². The van der Waals surface area contributed by atoms with Crippen LogP contribution in [0.3, 0.4) is 0 Å². The molecule has 2 heterocycles. The maximum absolute atomic E-state index is 12.0. The molecular weight excluding hydrogens is 276 g/mol. The van der Waals surface area contributed by atoms with E-state index < -0.39 is 6.29 Å². The highest BCUT2D eigenvalue weighted by atomic mass is 16.7. The molecule has 0 spiro atoms. The zero-order valence-electron chi connectivity index (χ0n) is 12.2. The molecule has 1 atom stereocenters. The van der Waals surface area contributed by atoms with Crippen LogP contribution in [0, 0.1) is 0 Å². The van der Waals surface area contributed by atoms with Gasteiger partial charge in [0.15, 0.2) is 6.29 Å². The van der Waals surface area contributed by atoms with Crippen molar-refractivity contribution in [1.29, 1.82) is 0 Å². The molecule has 1 aromatic rings. The topological polar surface area (TPSA) is 78.9 Å². The lowest BCUT2D eigenvalue weighted by atomic mass is 10.2. The highest BCUT2D eigenvalue weighted by Gasteiger charge is 2.18. The highest BCUT2D eigenvalue weighted by molar-refractivity contribution is 5.94. The number of hydrogen-bond acceptors (Lipinski definition) is 6. The largest absolute Gasteiger partial charge is 0.472 e. The zero-order valence-corrected chi connectivity index (χ0v) is 12.2. The van der Waals surface area contributed by atoms with Crippen molar-refractivity contribution >= 4 is 5.91 Å². The van der Waals surface area contributed by atoms with Gasteiger partial charge in [-0.15, -0.1) is 0 Å². The van der Waals surface area contributed by atoms with Crippen molar-refractivity contribution in [3.05, 3.63) is 23.9 Å². The Kier molecular flexibility index (Phi) is 5.91. The molecule has 0 unspecified atom stereocenters. The number of carbonyl (C=O) groups excluding carboxylic acids is 1. The Hall–Kier alpha value is -1.70. The first-order valence-corrected chi connectivity index (χ1v) is 6.77. The van der Waals surface area contributed by atoms with E-state index in [9.17, 15) is 4.79 Å². The SMILES string of the molecule is COC(CNC(=O)c1ccnc(O[C@@H]2CCOC2)c1)OC. The first-order valence-electron chi connectivity index (χ1n) is 6.77. The first-order chi connectivity index (χ1) is 10.2. The average molecular weight is 296 g/mol. The van der Waals surface area contributed by atoms with E-state index in [0.717, 1.165) is 6.42 Å². The van der Waals surface area contributed by atoms with Crippen molar-refractivity contribution in [2.75, 3.05) is 34.0 Å². The number of rotatable bonds is 7. The van der Waals surface area contributed by atoms with Crippen molar-refractivity contribution in [3.63, 3.8) is 0 Å². The van der Waals surface area contributed by atoms with E-state index >= 15 is 0 Å². The van der Waals surface area contributed by atoms with Crippen LogP contribution in [-0.4, -0.2) is 57.3 Å². The number of hydrogen-bond donors (Lipinski definition) is 1. The van der Waals surface area contributed by atoms with Gasteiger partial charge in [-0.05, 0) is 6.07 Å². The van der Waals surface area contributed by atoms with Gasteiger partial charge in [-0.2, -0.15) is 0 Å². The lowest BCUT2D eigenvalue weighted by Gasteiger charge is -2.14. The Morgan fingerprint density at radius 2 is 2.33 bits per heavy atom. The molecule has 0 saturated carbocycles. The summed E-state index contributed by atoms with van der Waals surface area (Å²) in [5.74, 6) is 0.192. The summed E-state index contributed by atoms with van der Waals surface area (Å²) in [4.78, 5) is 16.1. The van der Waals surface area contributed by atoms with Crippen LogP contribution in [0.5, 0.6) is 5.88 Å². The maximum Gasteiger partial charge on any atom is 0.251 e. The fourth-order valence-corrected chi connectivity index (χ4v) is 1.93. The second-order valence-corrected chi connectivity index (χ2v) is 4.60. The van der Waals surface area contributed by atoms with Crippen LogP contribution in [0.4, 0.5) is 0 Å². The van der Waals surface area contributed by atoms with Gasteiger partial charge in [0.25, 0.3) is 5.91 Å². The summed E-state index contributed by atoms with van der Waals surface area (Å²) in [5, 5.41) is 2.72. The molecule has 7 heteroatoms. The summed E-state index contributed by atoms with van der Waals surface area (Å²) >= 11 is 0. The molecule has 1 aliphatic heterocycles. The van der Waals surface area contributed by atoms with Crippen LogP contribution in [0.1, 0.15) is 16.8 Å². The van der Waals surface area contributed by atoms with Crippen molar-refractivity contribution in [2.45, 2.75) is 18.8 Å². The van der Waals surface area contributed by atoms with Gasteiger partial charge in [-0.3, -0.25) is 4.79 Å². The Morgan fingerprint density at radius 1 is 1.52 bits per heavy atom. The van der Waals surface area contributed by atoms with Crippen LogP contribution >= 0.6 is 0 Å². The molecule has 0 aromatic carbocycles. The monoisotopic (exact) mass is 296 g/mol. The van der Waals surface area contributed by atoms with E-state index in [2.05, 4.69) is 10.3 Å². The van der Waals surface area contributed by atoms with Crippen LogP contribution < -0.4 is 10.1 Å². The molecule has 1 amide bonds. The molecule has 0 radical (unpaired) electrons. The average Bonchev–Trinajstić information content (AvgIpc) is 3.01. The molecule has 1 fully saturated rings. The van der Waals surface area contributed by atoms with E-state index in [-0.39, 0.29) is 18.6 Å². The Morgan fingerprint density at radius 3 is 3.00 bits per heavy atom.